The van der Waals surface area contributed by atoms with Gasteiger partial charge in [-0.05, 0) is 29.8 Å². The smallest absolute Gasteiger partial charge is 0.211 e. The zero-order valence-electron chi connectivity index (χ0n) is 10.7. The van der Waals surface area contributed by atoms with Gasteiger partial charge in [0.25, 0.3) is 0 Å². The molecule has 0 saturated heterocycles. The molecule has 3 rings (SSSR count). The van der Waals surface area contributed by atoms with Gasteiger partial charge >= 0.3 is 0 Å². The molecule has 0 radical (unpaired) electrons. The average molecular weight is 267 g/mol. The van der Waals surface area contributed by atoms with Crippen LogP contribution in [0.1, 0.15) is 5.56 Å². The number of hydrogen-bond acceptors (Lipinski definition) is 4. The lowest BCUT2D eigenvalue weighted by molar-refractivity contribution is 0.295. The number of aromatic nitrogens is 2. The van der Waals surface area contributed by atoms with Crippen LogP contribution < -0.4 is 15.9 Å². The quantitative estimate of drug-likeness (QED) is 0.712. The summed E-state index contributed by atoms with van der Waals surface area (Å²) in [6.07, 6.45) is 1.59. The van der Waals surface area contributed by atoms with Crippen molar-refractivity contribution in [3.8, 4) is 5.88 Å². The number of nitrogens with zero attached hydrogens (tertiary/aromatic N) is 1. The number of nitrogens with one attached hydrogen (secondary N) is 1. The number of aromatic amines is 1. The van der Waals surface area contributed by atoms with Crippen LogP contribution in [0.3, 0.4) is 0 Å². The van der Waals surface area contributed by atoms with E-state index in [1.54, 1.807) is 18.3 Å². The molecule has 0 amide bonds. The molecule has 0 aliphatic carbocycles. The Balaban J connectivity index is 1.86. The number of anilines is 1. The van der Waals surface area contributed by atoms with Crippen LogP contribution >= 0.6 is 0 Å². The molecule has 0 spiro atoms. The molecule has 0 fully saturated rings. The number of hydrogen-bond donors (Lipinski definition) is 2. The van der Waals surface area contributed by atoms with E-state index in [4.69, 9.17) is 10.5 Å². The molecule has 0 atom stereocenters. The third-order valence-electron chi connectivity index (χ3n) is 2.91. The van der Waals surface area contributed by atoms with Crippen LogP contribution in [-0.2, 0) is 6.61 Å². The van der Waals surface area contributed by atoms with Gasteiger partial charge in [0, 0.05) is 18.0 Å². The van der Waals surface area contributed by atoms with E-state index in [1.807, 2.05) is 24.3 Å². The van der Waals surface area contributed by atoms with Gasteiger partial charge in [-0.15, -0.1) is 0 Å². The highest BCUT2D eigenvalue weighted by atomic mass is 16.5. The number of H-pyrrole nitrogens is 1. The van der Waals surface area contributed by atoms with Crippen LogP contribution in [-0.4, -0.2) is 9.97 Å². The number of fused-ring (bicyclic) bond motifs is 1. The Bertz CT molecular complexity index is 811. The van der Waals surface area contributed by atoms with Gasteiger partial charge in [-0.25, -0.2) is 0 Å². The highest BCUT2D eigenvalue weighted by Crippen LogP contribution is 2.13. The fourth-order valence-electron chi connectivity index (χ4n) is 1.98. The second kappa shape index (κ2) is 5.05. The van der Waals surface area contributed by atoms with Gasteiger partial charge in [0.15, 0.2) is 5.88 Å². The minimum Gasteiger partial charge on any atom is -0.474 e. The third kappa shape index (κ3) is 2.47. The van der Waals surface area contributed by atoms with E-state index in [0.29, 0.717) is 29.2 Å². The Kier molecular flexibility index (Phi) is 3.09. The summed E-state index contributed by atoms with van der Waals surface area (Å²) < 4.78 is 5.60. The molecule has 20 heavy (non-hydrogen) atoms. The number of benzene rings is 1. The summed E-state index contributed by atoms with van der Waals surface area (Å²) in [6.45, 7) is 0.340. The fraction of sp³-hybridized carbons (Fsp3) is 0.0667. The Labute approximate surface area is 115 Å². The lowest BCUT2D eigenvalue weighted by atomic mass is 10.2. The molecular formula is C15H13N3O2. The Morgan fingerprint density at radius 3 is 2.95 bits per heavy atom. The van der Waals surface area contributed by atoms with Crippen LogP contribution in [0.15, 0.2) is 53.5 Å². The largest absolute Gasteiger partial charge is 0.474 e. The second-order valence-electron chi connectivity index (χ2n) is 4.43. The normalized spacial score (nSPS) is 10.6. The maximum atomic E-state index is 11.9. The van der Waals surface area contributed by atoms with Crippen molar-refractivity contribution in [1.82, 2.24) is 9.97 Å². The summed E-state index contributed by atoms with van der Waals surface area (Å²) in [6, 6.07) is 12.4. The van der Waals surface area contributed by atoms with Crippen LogP contribution in [0, 0.1) is 0 Å². The van der Waals surface area contributed by atoms with Crippen LogP contribution in [0.5, 0.6) is 5.88 Å². The molecule has 5 heteroatoms. The van der Waals surface area contributed by atoms with Crippen molar-refractivity contribution in [2.45, 2.75) is 6.61 Å². The Morgan fingerprint density at radius 2 is 2.10 bits per heavy atom. The van der Waals surface area contributed by atoms with Gasteiger partial charge in [-0.1, -0.05) is 12.1 Å². The molecule has 1 aromatic carbocycles. The first-order chi connectivity index (χ1) is 9.72. The summed E-state index contributed by atoms with van der Waals surface area (Å²) in [5.41, 5.74) is 8.23. The van der Waals surface area contributed by atoms with Gasteiger partial charge in [0.1, 0.15) is 12.1 Å². The summed E-state index contributed by atoms with van der Waals surface area (Å²) in [5, 5.41) is 0. The van der Waals surface area contributed by atoms with Crippen molar-refractivity contribution in [2.75, 3.05) is 5.73 Å². The Morgan fingerprint density at radius 1 is 1.20 bits per heavy atom. The van der Waals surface area contributed by atoms with E-state index in [1.165, 1.54) is 6.07 Å². The Hall–Kier alpha value is -2.82. The topological polar surface area (TPSA) is 81.0 Å². The predicted molar refractivity (Wildman–Crippen MR) is 77.6 cm³/mol. The molecule has 0 saturated carbocycles. The molecule has 0 aliphatic rings. The second-order valence-corrected chi connectivity index (χ2v) is 4.43. The maximum absolute atomic E-state index is 11.9. The summed E-state index contributed by atoms with van der Waals surface area (Å²) in [5.74, 6) is 0.415. The monoisotopic (exact) mass is 267 g/mol. The number of pyridine rings is 2. The van der Waals surface area contributed by atoms with Gasteiger partial charge < -0.3 is 15.5 Å². The lowest BCUT2D eigenvalue weighted by Gasteiger charge is -2.07. The van der Waals surface area contributed by atoms with Crippen LogP contribution in [0.4, 0.5) is 5.69 Å². The molecule has 5 nitrogen and oxygen atoms in total. The number of nitrogens with two attached hydrogens (primary N) is 1. The van der Waals surface area contributed by atoms with Crippen molar-refractivity contribution in [3.63, 3.8) is 0 Å². The van der Waals surface area contributed by atoms with Crippen molar-refractivity contribution in [1.29, 1.82) is 0 Å². The third-order valence-corrected chi connectivity index (χ3v) is 2.91. The molecule has 3 aromatic rings. The van der Waals surface area contributed by atoms with E-state index in [0.717, 1.165) is 5.56 Å². The number of nitrogen functional groups attached to an aromatic ring is 1. The molecule has 0 unspecified atom stereocenters. The molecule has 0 aliphatic heterocycles. The van der Waals surface area contributed by atoms with E-state index in [2.05, 4.69) is 9.97 Å². The van der Waals surface area contributed by atoms with Gasteiger partial charge in [0.05, 0.1) is 5.52 Å². The first-order valence-corrected chi connectivity index (χ1v) is 6.18. The minimum absolute atomic E-state index is 0.165. The summed E-state index contributed by atoms with van der Waals surface area (Å²) >= 11 is 0. The molecule has 0 bridgehead atoms. The standard InChI is InChI=1S/C15H13N3O2/c16-11-4-1-3-10(7-11)9-20-14-8-13(19)15-12(18-14)5-2-6-17-15/h1-8H,9,16H2,(H,18,19). The first kappa shape index (κ1) is 12.2. The van der Waals surface area contributed by atoms with E-state index in [-0.39, 0.29) is 5.43 Å². The number of ether oxygens (including phenoxy) is 1. The van der Waals surface area contributed by atoms with Crippen molar-refractivity contribution >= 4 is 16.7 Å². The van der Waals surface area contributed by atoms with Crippen molar-refractivity contribution in [3.05, 3.63) is 64.4 Å². The zero-order valence-corrected chi connectivity index (χ0v) is 10.7. The van der Waals surface area contributed by atoms with Crippen molar-refractivity contribution in [2.24, 2.45) is 0 Å². The molecule has 2 heterocycles. The van der Waals surface area contributed by atoms with Gasteiger partial charge in [0.2, 0.25) is 5.43 Å². The first-order valence-electron chi connectivity index (χ1n) is 6.18. The highest BCUT2D eigenvalue weighted by molar-refractivity contribution is 5.73. The summed E-state index contributed by atoms with van der Waals surface area (Å²) in [7, 11) is 0. The lowest BCUT2D eigenvalue weighted by Crippen LogP contribution is -2.06. The van der Waals surface area contributed by atoms with Crippen molar-refractivity contribution < 1.29 is 4.74 Å². The van der Waals surface area contributed by atoms with E-state index < -0.39 is 0 Å². The number of rotatable bonds is 3. The predicted octanol–water partition coefficient (Wildman–Crippen LogP) is 2.08. The highest BCUT2D eigenvalue weighted by Gasteiger charge is 2.03. The van der Waals surface area contributed by atoms with E-state index >= 15 is 0 Å². The SMILES string of the molecule is Nc1cccc(COc2cc(=O)c3ncccc3[nH]2)c1. The molecular weight excluding hydrogens is 254 g/mol. The molecule has 2 aromatic heterocycles. The molecule has 100 valence electrons. The minimum atomic E-state index is -0.165. The average Bonchev–Trinajstić information content (AvgIpc) is 2.45. The van der Waals surface area contributed by atoms with Gasteiger partial charge in [-0.3, -0.25) is 9.78 Å². The van der Waals surface area contributed by atoms with Gasteiger partial charge in [-0.2, -0.15) is 0 Å². The van der Waals surface area contributed by atoms with E-state index in [9.17, 15) is 4.79 Å². The zero-order chi connectivity index (χ0) is 13.9. The maximum Gasteiger partial charge on any atom is 0.211 e. The van der Waals surface area contributed by atoms with Crippen LogP contribution in [0.2, 0.25) is 0 Å². The van der Waals surface area contributed by atoms with Crippen LogP contribution in [0.25, 0.3) is 11.0 Å². The fourth-order valence-corrected chi connectivity index (χ4v) is 1.98. The summed E-state index contributed by atoms with van der Waals surface area (Å²) in [4.78, 5) is 19.0. The molecule has 3 N–H and O–H groups in total.